The zero-order valence-electron chi connectivity index (χ0n) is 7.50. The van der Waals surface area contributed by atoms with Gasteiger partial charge in [-0.2, -0.15) is 5.26 Å². The minimum atomic E-state index is 0.712. The maximum atomic E-state index is 8.45. The number of nitrogens with zero attached hydrogens (tertiary/aromatic N) is 2. The van der Waals surface area contributed by atoms with Gasteiger partial charge in [0.2, 0.25) is 0 Å². The number of hydrogen-bond acceptors (Lipinski definition) is 2. The number of likely N-dealkylation sites (tertiary alicyclic amines) is 1. The molecule has 0 N–H and O–H groups in total. The van der Waals surface area contributed by atoms with Gasteiger partial charge >= 0.3 is 0 Å². The summed E-state index contributed by atoms with van der Waals surface area (Å²) in [4.78, 5) is 2.49. The van der Waals surface area contributed by atoms with E-state index in [4.69, 9.17) is 5.26 Å². The Morgan fingerprint density at radius 3 is 2.92 bits per heavy atom. The summed E-state index contributed by atoms with van der Waals surface area (Å²) in [6.07, 6.45) is 6.38. The second-order valence-corrected chi connectivity index (χ2v) is 4.01. The quantitative estimate of drug-likeness (QED) is 0.622. The molecule has 12 heavy (non-hydrogen) atoms. The molecule has 1 saturated heterocycles. The molecule has 0 radical (unpaired) electrons. The average Bonchev–Trinajstić information content (AvgIpc) is 2.07. The third-order valence-corrected chi connectivity index (χ3v) is 3.32. The third kappa shape index (κ3) is 1.34. The highest BCUT2D eigenvalue weighted by Crippen LogP contribution is 2.36. The second-order valence-electron chi connectivity index (χ2n) is 4.01. The molecule has 1 aliphatic heterocycles. The van der Waals surface area contributed by atoms with Crippen LogP contribution in [0, 0.1) is 17.2 Å². The van der Waals surface area contributed by atoms with Crippen molar-refractivity contribution in [3.63, 3.8) is 0 Å². The van der Waals surface area contributed by atoms with Gasteiger partial charge in [-0.05, 0) is 18.8 Å². The fraction of sp³-hybridized carbons (Fsp3) is 0.900. The first-order valence-corrected chi connectivity index (χ1v) is 5.03. The van der Waals surface area contributed by atoms with Crippen LogP contribution < -0.4 is 0 Å². The first-order chi connectivity index (χ1) is 5.92. The van der Waals surface area contributed by atoms with E-state index in [0.717, 1.165) is 18.5 Å². The van der Waals surface area contributed by atoms with Gasteiger partial charge in [-0.15, -0.1) is 0 Å². The summed E-state index contributed by atoms with van der Waals surface area (Å²) in [5, 5.41) is 8.45. The van der Waals surface area contributed by atoms with E-state index < -0.39 is 0 Å². The van der Waals surface area contributed by atoms with E-state index in [1.54, 1.807) is 0 Å². The lowest BCUT2D eigenvalue weighted by Crippen LogP contribution is -2.57. The van der Waals surface area contributed by atoms with E-state index in [-0.39, 0.29) is 0 Å². The van der Waals surface area contributed by atoms with Crippen molar-refractivity contribution >= 4 is 0 Å². The molecule has 0 bridgehead atoms. The Bertz CT molecular complexity index is 195. The molecule has 0 aromatic rings. The molecular weight excluding hydrogens is 148 g/mol. The van der Waals surface area contributed by atoms with Crippen LogP contribution in [0.4, 0.5) is 0 Å². The van der Waals surface area contributed by atoms with Gasteiger partial charge in [-0.1, -0.05) is 12.8 Å². The molecule has 66 valence electrons. The topological polar surface area (TPSA) is 27.0 Å². The van der Waals surface area contributed by atoms with E-state index >= 15 is 0 Å². The summed E-state index contributed by atoms with van der Waals surface area (Å²) in [6, 6.07) is 3.07. The molecule has 2 atom stereocenters. The minimum Gasteiger partial charge on any atom is -0.299 e. The Hall–Kier alpha value is -0.550. The first-order valence-electron chi connectivity index (χ1n) is 5.03. The molecule has 2 heteroatoms. The third-order valence-electron chi connectivity index (χ3n) is 3.32. The minimum absolute atomic E-state index is 0.712. The van der Waals surface area contributed by atoms with Gasteiger partial charge in [0.05, 0.1) is 6.07 Å². The van der Waals surface area contributed by atoms with Crippen LogP contribution in [0.15, 0.2) is 0 Å². The van der Waals surface area contributed by atoms with Gasteiger partial charge in [0.1, 0.15) is 0 Å². The van der Waals surface area contributed by atoms with Gasteiger partial charge in [-0.3, -0.25) is 4.90 Å². The Morgan fingerprint density at radius 2 is 2.17 bits per heavy atom. The summed E-state index contributed by atoms with van der Waals surface area (Å²) in [6.45, 7) is 2.28. The van der Waals surface area contributed by atoms with Gasteiger partial charge in [0.25, 0.3) is 0 Å². The molecule has 0 aromatic carbocycles. The van der Waals surface area contributed by atoms with E-state index in [1.807, 2.05) is 0 Å². The molecule has 0 amide bonds. The van der Waals surface area contributed by atoms with Gasteiger partial charge in [0, 0.05) is 25.6 Å². The van der Waals surface area contributed by atoms with E-state index in [9.17, 15) is 0 Å². The molecule has 1 aliphatic carbocycles. The smallest absolute Gasteiger partial charge is 0.0635 e. The summed E-state index contributed by atoms with van der Waals surface area (Å²) < 4.78 is 0. The zero-order chi connectivity index (χ0) is 8.39. The lowest BCUT2D eigenvalue weighted by molar-refractivity contribution is -0.0122. The van der Waals surface area contributed by atoms with Gasteiger partial charge in [0.15, 0.2) is 0 Å². The average molecular weight is 164 g/mol. The lowest BCUT2D eigenvalue weighted by atomic mass is 9.77. The second kappa shape index (κ2) is 3.45. The van der Waals surface area contributed by atoms with Crippen molar-refractivity contribution in [2.24, 2.45) is 5.92 Å². The monoisotopic (exact) mass is 164 g/mol. The molecule has 1 heterocycles. The van der Waals surface area contributed by atoms with E-state index in [0.29, 0.717) is 6.42 Å². The predicted molar refractivity (Wildman–Crippen MR) is 47.5 cm³/mol. The highest BCUT2D eigenvalue weighted by molar-refractivity contribution is 4.94. The SMILES string of the molecule is N#CCCN1C[C@H]2CCCC[C@H]21. The van der Waals surface area contributed by atoms with Crippen LogP contribution in [-0.2, 0) is 0 Å². The van der Waals surface area contributed by atoms with Crippen LogP contribution in [0.2, 0.25) is 0 Å². The maximum Gasteiger partial charge on any atom is 0.0635 e. The number of fused-ring (bicyclic) bond motifs is 1. The van der Waals surface area contributed by atoms with Crippen molar-refractivity contribution in [3.05, 3.63) is 0 Å². The molecule has 2 fully saturated rings. The van der Waals surface area contributed by atoms with E-state index in [2.05, 4.69) is 11.0 Å². The summed E-state index contributed by atoms with van der Waals surface area (Å²) in [5.41, 5.74) is 0. The van der Waals surface area contributed by atoms with Crippen LogP contribution in [0.5, 0.6) is 0 Å². The fourth-order valence-corrected chi connectivity index (χ4v) is 2.63. The van der Waals surface area contributed by atoms with Crippen molar-refractivity contribution < 1.29 is 0 Å². The number of hydrogen-bond donors (Lipinski definition) is 0. The van der Waals surface area contributed by atoms with Crippen molar-refractivity contribution in [1.29, 1.82) is 5.26 Å². The maximum absolute atomic E-state index is 8.45. The Morgan fingerprint density at radius 1 is 1.33 bits per heavy atom. The van der Waals surface area contributed by atoms with Gasteiger partial charge < -0.3 is 0 Å². The Labute approximate surface area is 74.2 Å². The van der Waals surface area contributed by atoms with E-state index in [1.165, 1.54) is 32.2 Å². The van der Waals surface area contributed by atoms with Crippen molar-refractivity contribution in [2.75, 3.05) is 13.1 Å². The number of rotatable bonds is 2. The Kier molecular flexibility index (Phi) is 2.32. The summed E-state index contributed by atoms with van der Waals surface area (Å²) in [5.74, 6) is 0.984. The van der Waals surface area contributed by atoms with Crippen LogP contribution in [0.3, 0.4) is 0 Å². The molecule has 1 saturated carbocycles. The molecule has 2 nitrogen and oxygen atoms in total. The van der Waals surface area contributed by atoms with Crippen LogP contribution in [0.1, 0.15) is 32.1 Å². The zero-order valence-corrected chi connectivity index (χ0v) is 7.50. The molecule has 2 aliphatic rings. The standard InChI is InChI=1S/C10H16N2/c11-6-3-7-12-8-9-4-1-2-5-10(9)12/h9-10H,1-5,7-8H2/t9-,10-/m1/s1. The normalized spacial score (nSPS) is 34.9. The van der Waals surface area contributed by atoms with Crippen molar-refractivity contribution in [1.82, 2.24) is 4.90 Å². The van der Waals surface area contributed by atoms with Crippen molar-refractivity contribution in [2.45, 2.75) is 38.1 Å². The largest absolute Gasteiger partial charge is 0.299 e. The van der Waals surface area contributed by atoms with Gasteiger partial charge in [-0.25, -0.2) is 0 Å². The van der Waals surface area contributed by atoms with Crippen LogP contribution in [0.25, 0.3) is 0 Å². The molecule has 2 rings (SSSR count). The van der Waals surface area contributed by atoms with Crippen LogP contribution >= 0.6 is 0 Å². The molecule has 0 spiro atoms. The first kappa shape index (κ1) is 8.07. The highest BCUT2D eigenvalue weighted by atomic mass is 15.2. The highest BCUT2D eigenvalue weighted by Gasteiger charge is 2.39. The summed E-state index contributed by atoms with van der Waals surface area (Å²) in [7, 11) is 0. The summed E-state index contributed by atoms with van der Waals surface area (Å²) >= 11 is 0. The Balaban J connectivity index is 1.78. The molecular formula is C10H16N2. The fourth-order valence-electron chi connectivity index (χ4n) is 2.63. The van der Waals surface area contributed by atoms with Crippen molar-refractivity contribution in [3.8, 4) is 6.07 Å². The number of nitriles is 1. The molecule has 0 aromatic heterocycles. The lowest BCUT2D eigenvalue weighted by Gasteiger charge is -2.50. The predicted octanol–water partition coefficient (Wildman–Crippen LogP) is 1.77. The molecule has 0 unspecified atom stereocenters. The van der Waals surface area contributed by atoms with Crippen LogP contribution in [-0.4, -0.2) is 24.0 Å².